The average molecular weight is 562 g/mol. The molecule has 0 amide bonds. The van der Waals surface area contributed by atoms with E-state index in [4.69, 9.17) is 24.3 Å². The number of benzene rings is 1. The minimum atomic E-state index is -0.418. The second kappa shape index (κ2) is 11.7. The minimum Gasteiger partial charge on any atom is -0.473 e. The third-order valence-corrected chi connectivity index (χ3v) is 8.75. The van der Waals surface area contributed by atoms with Crippen molar-refractivity contribution in [2.75, 3.05) is 46.5 Å². The summed E-state index contributed by atoms with van der Waals surface area (Å²) in [5, 5.41) is 5.83. The van der Waals surface area contributed by atoms with E-state index in [-0.39, 0.29) is 17.7 Å². The maximum atomic E-state index is 13.0. The predicted molar refractivity (Wildman–Crippen MR) is 158 cm³/mol. The standard InChI is InChI=1S/C32H43N5O4/c1-5-40-31(38)27-17-26(28-29(33-27)37(25-9-7-6-8-10-25)34-30(28)41-22(2)3)24-13-11-23(12-14-24)18-36-16-15-35(4)19-32(36)20-39-21-32/h11-14,17,22,25H,5-10,15-16,18-21H2,1-4H3. The number of hydrogen-bond donors (Lipinski definition) is 0. The van der Waals surface area contributed by atoms with Crippen LogP contribution in [0.4, 0.5) is 0 Å². The highest BCUT2D eigenvalue weighted by atomic mass is 16.5. The van der Waals surface area contributed by atoms with Crippen LogP contribution in [-0.4, -0.2) is 88.7 Å². The number of nitrogens with zero attached hydrogens (tertiary/aromatic N) is 5. The van der Waals surface area contributed by atoms with Gasteiger partial charge in [0.25, 0.3) is 0 Å². The first-order chi connectivity index (χ1) is 19.9. The summed E-state index contributed by atoms with van der Waals surface area (Å²) in [5.74, 6) is 0.157. The smallest absolute Gasteiger partial charge is 0.357 e. The summed E-state index contributed by atoms with van der Waals surface area (Å²) >= 11 is 0. The van der Waals surface area contributed by atoms with Crippen molar-refractivity contribution in [3.05, 3.63) is 41.6 Å². The molecular weight excluding hydrogens is 518 g/mol. The zero-order valence-electron chi connectivity index (χ0n) is 24.9. The van der Waals surface area contributed by atoms with E-state index in [1.165, 1.54) is 24.8 Å². The second-order valence-electron chi connectivity index (χ2n) is 12.3. The molecule has 2 saturated heterocycles. The lowest BCUT2D eigenvalue weighted by Gasteiger charge is -2.54. The lowest BCUT2D eigenvalue weighted by Crippen LogP contribution is -2.70. The molecule has 1 saturated carbocycles. The number of ether oxygens (including phenoxy) is 3. The van der Waals surface area contributed by atoms with Crippen molar-refractivity contribution in [2.45, 2.75) is 77.1 Å². The largest absolute Gasteiger partial charge is 0.473 e. The molecule has 1 aromatic carbocycles. The molecule has 41 heavy (non-hydrogen) atoms. The number of aromatic nitrogens is 3. The Kier molecular flexibility index (Phi) is 8.03. The Balaban J connectivity index is 1.39. The zero-order chi connectivity index (χ0) is 28.6. The lowest BCUT2D eigenvalue weighted by atomic mass is 9.91. The third-order valence-electron chi connectivity index (χ3n) is 8.75. The highest BCUT2D eigenvalue weighted by molar-refractivity contribution is 6.01. The van der Waals surface area contributed by atoms with Crippen LogP contribution in [0.1, 0.15) is 75.0 Å². The molecule has 9 heteroatoms. The molecule has 1 spiro atoms. The Hall–Kier alpha value is -3.01. The van der Waals surface area contributed by atoms with E-state index in [9.17, 15) is 4.79 Å². The van der Waals surface area contributed by atoms with Crippen LogP contribution in [0.5, 0.6) is 5.88 Å². The summed E-state index contributed by atoms with van der Waals surface area (Å²) in [4.78, 5) is 22.8. The van der Waals surface area contributed by atoms with E-state index in [0.29, 0.717) is 23.8 Å². The van der Waals surface area contributed by atoms with Crippen molar-refractivity contribution < 1.29 is 19.0 Å². The van der Waals surface area contributed by atoms with Crippen LogP contribution in [0.3, 0.4) is 0 Å². The van der Waals surface area contributed by atoms with Crippen LogP contribution >= 0.6 is 0 Å². The number of hydrogen-bond acceptors (Lipinski definition) is 8. The Labute approximate surface area is 242 Å². The first-order valence-electron chi connectivity index (χ1n) is 15.2. The van der Waals surface area contributed by atoms with Crippen molar-refractivity contribution in [1.82, 2.24) is 24.6 Å². The van der Waals surface area contributed by atoms with E-state index in [1.807, 2.05) is 31.5 Å². The molecule has 4 heterocycles. The number of piperazine rings is 1. The van der Waals surface area contributed by atoms with Gasteiger partial charge in [-0.2, -0.15) is 0 Å². The molecule has 0 bridgehead atoms. The van der Waals surface area contributed by atoms with E-state index in [2.05, 4.69) is 41.1 Å². The molecule has 0 atom stereocenters. The molecule has 0 unspecified atom stereocenters. The summed E-state index contributed by atoms with van der Waals surface area (Å²) in [5.41, 5.74) is 4.28. The molecule has 0 radical (unpaired) electrons. The maximum absolute atomic E-state index is 13.0. The van der Waals surface area contributed by atoms with Crippen molar-refractivity contribution in [3.8, 4) is 17.0 Å². The molecule has 1 aliphatic carbocycles. The van der Waals surface area contributed by atoms with E-state index in [1.54, 1.807) is 0 Å². The van der Waals surface area contributed by atoms with Gasteiger partial charge in [0.05, 0.1) is 42.9 Å². The topological polar surface area (TPSA) is 82.0 Å². The molecule has 6 rings (SSSR count). The molecule has 3 aliphatic rings. The van der Waals surface area contributed by atoms with Crippen molar-refractivity contribution >= 4 is 17.0 Å². The predicted octanol–water partition coefficient (Wildman–Crippen LogP) is 5.08. The van der Waals surface area contributed by atoms with Gasteiger partial charge in [-0.1, -0.05) is 43.5 Å². The zero-order valence-corrected chi connectivity index (χ0v) is 24.9. The summed E-state index contributed by atoms with van der Waals surface area (Å²) in [6.07, 6.45) is 5.63. The Morgan fingerprint density at radius 3 is 2.54 bits per heavy atom. The number of fused-ring (bicyclic) bond motifs is 1. The van der Waals surface area contributed by atoms with Crippen LogP contribution in [0, 0.1) is 0 Å². The summed E-state index contributed by atoms with van der Waals surface area (Å²) in [6.45, 7) is 11.8. The van der Waals surface area contributed by atoms with Gasteiger partial charge in [-0.25, -0.2) is 14.5 Å². The molecule has 9 nitrogen and oxygen atoms in total. The van der Waals surface area contributed by atoms with Gasteiger partial charge in [-0.05, 0) is 57.9 Å². The van der Waals surface area contributed by atoms with Gasteiger partial charge in [0.1, 0.15) is 0 Å². The molecule has 0 N–H and O–H groups in total. The van der Waals surface area contributed by atoms with Crippen LogP contribution in [0.15, 0.2) is 30.3 Å². The fraction of sp³-hybridized carbons (Fsp3) is 0.594. The number of rotatable bonds is 8. The van der Waals surface area contributed by atoms with Crippen LogP contribution < -0.4 is 4.74 Å². The lowest BCUT2D eigenvalue weighted by molar-refractivity contribution is -0.169. The fourth-order valence-electron chi connectivity index (χ4n) is 6.61. The van der Waals surface area contributed by atoms with Crippen molar-refractivity contribution in [3.63, 3.8) is 0 Å². The molecular formula is C32H43N5O4. The Morgan fingerprint density at radius 1 is 1.12 bits per heavy atom. The quantitative estimate of drug-likeness (QED) is 0.352. The van der Waals surface area contributed by atoms with Gasteiger partial charge in [-0.15, -0.1) is 5.10 Å². The van der Waals surface area contributed by atoms with Crippen LogP contribution in [-0.2, 0) is 16.0 Å². The fourth-order valence-corrected chi connectivity index (χ4v) is 6.61. The number of pyridine rings is 1. The summed E-state index contributed by atoms with van der Waals surface area (Å²) < 4.78 is 19.3. The van der Waals surface area contributed by atoms with Crippen LogP contribution in [0.2, 0.25) is 0 Å². The first-order valence-corrected chi connectivity index (χ1v) is 15.2. The highest BCUT2D eigenvalue weighted by Gasteiger charge is 2.46. The molecule has 3 aromatic rings. The van der Waals surface area contributed by atoms with Gasteiger partial charge < -0.3 is 19.1 Å². The SMILES string of the molecule is CCOC(=O)c1cc(-c2ccc(CN3CCN(C)CC34COC4)cc2)c2c(OC(C)C)nn(C3CCCCC3)c2n1. The normalized spacial score (nSPS) is 20.0. The van der Waals surface area contributed by atoms with Gasteiger partial charge in [-0.3, -0.25) is 4.90 Å². The minimum absolute atomic E-state index is 0.0424. The van der Waals surface area contributed by atoms with E-state index in [0.717, 1.165) is 68.7 Å². The average Bonchev–Trinajstić information content (AvgIpc) is 3.31. The van der Waals surface area contributed by atoms with Gasteiger partial charge in [0, 0.05) is 31.7 Å². The van der Waals surface area contributed by atoms with Gasteiger partial charge in [0.2, 0.25) is 5.88 Å². The van der Waals surface area contributed by atoms with Gasteiger partial charge >= 0.3 is 5.97 Å². The van der Waals surface area contributed by atoms with Crippen molar-refractivity contribution in [2.24, 2.45) is 0 Å². The van der Waals surface area contributed by atoms with Crippen molar-refractivity contribution in [1.29, 1.82) is 0 Å². The molecule has 2 aliphatic heterocycles. The maximum Gasteiger partial charge on any atom is 0.357 e. The number of esters is 1. The Morgan fingerprint density at radius 2 is 1.88 bits per heavy atom. The first kappa shape index (κ1) is 28.1. The highest BCUT2D eigenvalue weighted by Crippen LogP contribution is 2.39. The molecule has 220 valence electrons. The third kappa shape index (κ3) is 5.59. The monoisotopic (exact) mass is 561 g/mol. The second-order valence-corrected chi connectivity index (χ2v) is 12.3. The Bertz CT molecular complexity index is 1370. The summed E-state index contributed by atoms with van der Waals surface area (Å²) in [7, 11) is 2.19. The number of carbonyl (C=O) groups is 1. The number of carbonyl (C=O) groups excluding carboxylic acids is 1. The molecule has 2 aromatic heterocycles. The molecule has 3 fully saturated rings. The van der Waals surface area contributed by atoms with Crippen LogP contribution in [0.25, 0.3) is 22.2 Å². The van der Waals surface area contributed by atoms with Gasteiger partial charge in [0.15, 0.2) is 11.3 Å². The van der Waals surface area contributed by atoms with E-state index < -0.39 is 5.97 Å². The van der Waals surface area contributed by atoms with E-state index >= 15 is 0 Å². The summed E-state index contributed by atoms with van der Waals surface area (Å²) in [6, 6.07) is 10.8. The number of likely N-dealkylation sites (N-methyl/N-ethyl adjacent to an activating group) is 1.